The molecule has 0 atom stereocenters. The van der Waals surface area contributed by atoms with Crippen molar-refractivity contribution in [2.75, 3.05) is 17.0 Å². The van der Waals surface area contributed by atoms with Gasteiger partial charge in [-0.2, -0.15) is 11.8 Å². The van der Waals surface area contributed by atoms with Gasteiger partial charge in [-0.3, -0.25) is 9.52 Å². The van der Waals surface area contributed by atoms with E-state index in [1.807, 2.05) is 24.3 Å². The lowest BCUT2D eigenvalue weighted by molar-refractivity contribution is 0.0956. The molecule has 3 aromatic carbocycles. The third kappa shape index (κ3) is 6.64. The predicted octanol–water partition coefficient (Wildman–Crippen LogP) is 5.46. The normalized spacial score (nSPS) is 11.2. The first-order chi connectivity index (χ1) is 14.9. The van der Waals surface area contributed by atoms with Crippen LogP contribution < -0.4 is 10.0 Å². The summed E-state index contributed by atoms with van der Waals surface area (Å²) in [5, 5.41) is 3.55. The summed E-state index contributed by atoms with van der Waals surface area (Å²) >= 11 is 13.9. The second-order valence-electron chi connectivity index (χ2n) is 6.52. The molecule has 0 aliphatic heterocycles. The highest BCUT2D eigenvalue weighted by Gasteiger charge is 2.20. The summed E-state index contributed by atoms with van der Waals surface area (Å²) in [6, 6.07) is 20.3. The fourth-order valence-corrected chi connectivity index (χ4v) is 5.43. The highest BCUT2D eigenvalue weighted by atomic mass is 35.5. The van der Waals surface area contributed by atoms with Crippen molar-refractivity contribution >= 4 is 56.6 Å². The summed E-state index contributed by atoms with van der Waals surface area (Å²) in [5.74, 6) is 1.06. The van der Waals surface area contributed by atoms with Crippen LogP contribution >= 0.6 is 35.0 Å². The van der Waals surface area contributed by atoms with Crippen LogP contribution in [0.25, 0.3) is 0 Å². The molecule has 0 fully saturated rings. The maximum absolute atomic E-state index is 12.7. The largest absolute Gasteiger partial charge is 0.351 e. The van der Waals surface area contributed by atoms with Gasteiger partial charge < -0.3 is 5.32 Å². The number of thioether (sulfide) groups is 1. The van der Waals surface area contributed by atoms with Gasteiger partial charge in [0.1, 0.15) is 4.90 Å². The maximum atomic E-state index is 12.7. The number of anilines is 1. The van der Waals surface area contributed by atoms with Crippen molar-refractivity contribution in [3.63, 3.8) is 0 Å². The molecule has 1 amide bonds. The van der Waals surface area contributed by atoms with Gasteiger partial charge in [-0.25, -0.2) is 8.42 Å². The zero-order valence-electron chi connectivity index (χ0n) is 16.3. The number of carbonyl (C=O) groups is 1. The molecule has 5 nitrogen and oxygen atoms in total. The van der Waals surface area contributed by atoms with Crippen LogP contribution in [0, 0.1) is 0 Å². The minimum absolute atomic E-state index is 0.0373. The average molecular weight is 495 g/mol. The lowest BCUT2D eigenvalue weighted by Crippen LogP contribution is -2.26. The Morgan fingerprint density at radius 1 is 0.903 bits per heavy atom. The topological polar surface area (TPSA) is 75.3 Å². The third-order valence-electron chi connectivity index (χ3n) is 4.26. The summed E-state index contributed by atoms with van der Waals surface area (Å²) < 4.78 is 27.9. The van der Waals surface area contributed by atoms with Gasteiger partial charge in [0.15, 0.2) is 0 Å². The zero-order valence-corrected chi connectivity index (χ0v) is 19.5. The SMILES string of the molecule is O=C(NCCSCc1ccccc1Cl)c1ccc(Cl)c(S(=O)(=O)Nc2ccccc2)c1. The molecular formula is C22H20Cl2N2O3S2. The quantitative estimate of drug-likeness (QED) is 0.387. The van der Waals surface area contributed by atoms with Crippen molar-refractivity contribution in [3.05, 3.63) is 94.0 Å². The van der Waals surface area contributed by atoms with E-state index in [1.165, 1.54) is 18.2 Å². The molecule has 0 bridgehead atoms. The van der Waals surface area contributed by atoms with Crippen LogP contribution in [0.3, 0.4) is 0 Å². The molecular weight excluding hydrogens is 475 g/mol. The van der Waals surface area contributed by atoms with E-state index in [1.54, 1.807) is 42.1 Å². The number of sulfonamides is 1. The van der Waals surface area contributed by atoms with Crippen molar-refractivity contribution in [1.82, 2.24) is 5.32 Å². The Morgan fingerprint density at radius 3 is 2.35 bits per heavy atom. The van der Waals surface area contributed by atoms with E-state index in [0.29, 0.717) is 18.0 Å². The van der Waals surface area contributed by atoms with Crippen LogP contribution in [0.2, 0.25) is 10.0 Å². The van der Waals surface area contributed by atoms with E-state index in [4.69, 9.17) is 23.2 Å². The van der Waals surface area contributed by atoms with E-state index in [0.717, 1.165) is 16.3 Å². The summed E-state index contributed by atoms with van der Waals surface area (Å²) in [4.78, 5) is 12.3. The van der Waals surface area contributed by atoms with E-state index >= 15 is 0 Å². The van der Waals surface area contributed by atoms with Gasteiger partial charge in [-0.1, -0.05) is 59.6 Å². The molecule has 3 rings (SSSR count). The van der Waals surface area contributed by atoms with E-state index in [-0.39, 0.29) is 21.4 Å². The second kappa shape index (κ2) is 10.9. The number of nitrogens with one attached hydrogen (secondary N) is 2. The molecule has 9 heteroatoms. The highest BCUT2D eigenvalue weighted by Crippen LogP contribution is 2.25. The molecule has 31 heavy (non-hydrogen) atoms. The Kier molecular flexibility index (Phi) is 8.26. The number of amides is 1. The minimum atomic E-state index is -3.94. The molecule has 0 aliphatic carbocycles. The molecule has 0 spiro atoms. The van der Waals surface area contributed by atoms with Crippen molar-refractivity contribution in [2.45, 2.75) is 10.6 Å². The Hall–Kier alpha value is -2.19. The van der Waals surface area contributed by atoms with Gasteiger partial charge in [0.25, 0.3) is 15.9 Å². The van der Waals surface area contributed by atoms with Gasteiger partial charge in [0, 0.05) is 34.3 Å². The van der Waals surface area contributed by atoms with Gasteiger partial charge in [0.05, 0.1) is 5.02 Å². The van der Waals surface area contributed by atoms with Crippen LogP contribution in [0.4, 0.5) is 5.69 Å². The molecule has 0 saturated heterocycles. The fraction of sp³-hybridized carbons (Fsp3) is 0.136. The highest BCUT2D eigenvalue weighted by molar-refractivity contribution is 7.98. The minimum Gasteiger partial charge on any atom is -0.351 e. The van der Waals surface area contributed by atoms with Gasteiger partial charge in [-0.15, -0.1) is 0 Å². The standard InChI is InChI=1S/C22H20Cl2N2O3S2/c23-19-9-5-4-6-17(19)15-30-13-12-25-22(27)16-10-11-20(24)21(14-16)31(28,29)26-18-7-2-1-3-8-18/h1-11,14,26H,12-13,15H2,(H,25,27). The first-order valence-electron chi connectivity index (χ1n) is 9.33. The van der Waals surface area contributed by atoms with Crippen LogP contribution in [0.1, 0.15) is 15.9 Å². The number of halogens is 2. The van der Waals surface area contributed by atoms with Crippen LogP contribution in [0.15, 0.2) is 77.7 Å². The molecule has 162 valence electrons. The van der Waals surface area contributed by atoms with Crippen molar-refractivity contribution in [3.8, 4) is 0 Å². The van der Waals surface area contributed by atoms with Gasteiger partial charge in [0.2, 0.25) is 0 Å². The van der Waals surface area contributed by atoms with Crippen LogP contribution in [-0.4, -0.2) is 26.6 Å². The van der Waals surface area contributed by atoms with E-state index < -0.39 is 10.0 Å². The monoisotopic (exact) mass is 494 g/mol. The van der Waals surface area contributed by atoms with Crippen molar-refractivity contribution in [1.29, 1.82) is 0 Å². The number of hydrogen-bond donors (Lipinski definition) is 2. The molecule has 0 aliphatic rings. The van der Waals surface area contributed by atoms with E-state index in [2.05, 4.69) is 10.0 Å². The number of benzene rings is 3. The Bertz CT molecular complexity index is 1160. The van der Waals surface area contributed by atoms with E-state index in [9.17, 15) is 13.2 Å². The predicted molar refractivity (Wildman–Crippen MR) is 129 cm³/mol. The maximum Gasteiger partial charge on any atom is 0.263 e. The average Bonchev–Trinajstić information content (AvgIpc) is 2.75. The molecule has 2 N–H and O–H groups in total. The summed E-state index contributed by atoms with van der Waals surface area (Å²) in [6.45, 7) is 0.431. The molecule has 0 unspecified atom stereocenters. The van der Waals surface area contributed by atoms with Gasteiger partial charge >= 0.3 is 0 Å². The number of rotatable bonds is 9. The fourth-order valence-electron chi connectivity index (χ4n) is 2.70. The summed E-state index contributed by atoms with van der Waals surface area (Å²) in [6.07, 6.45) is 0. The smallest absolute Gasteiger partial charge is 0.263 e. The zero-order chi connectivity index (χ0) is 22.3. The number of hydrogen-bond acceptors (Lipinski definition) is 4. The Morgan fingerprint density at radius 2 is 1.61 bits per heavy atom. The van der Waals surface area contributed by atoms with Crippen LogP contribution in [-0.2, 0) is 15.8 Å². The molecule has 0 radical (unpaired) electrons. The van der Waals surface area contributed by atoms with Gasteiger partial charge in [-0.05, 0) is 42.0 Å². The lowest BCUT2D eigenvalue weighted by atomic mass is 10.2. The lowest BCUT2D eigenvalue weighted by Gasteiger charge is -2.11. The Balaban J connectivity index is 1.58. The van der Waals surface area contributed by atoms with Crippen molar-refractivity contribution < 1.29 is 13.2 Å². The molecule has 0 aromatic heterocycles. The Labute approximate surface area is 196 Å². The first-order valence-corrected chi connectivity index (χ1v) is 12.7. The molecule has 3 aromatic rings. The third-order valence-corrected chi connectivity index (χ3v) is 7.50. The number of para-hydroxylation sites is 1. The molecule has 0 saturated carbocycles. The van der Waals surface area contributed by atoms with Crippen molar-refractivity contribution in [2.24, 2.45) is 0 Å². The first kappa shape index (κ1) is 23.5. The summed E-state index contributed by atoms with van der Waals surface area (Å²) in [5.41, 5.74) is 1.66. The number of carbonyl (C=O) groups excluding carboxylic acids is 1. The van der Waals surface area contributed by atoms with Crippen LogP contribution in [0.5, 0.6) is 0 Å². The summed E-state index contributed by atoms with van der Waals surface area (Å²) in [7, 11) is -3.94. The second-order valence-corrected chi connectivity index (χ2v) is 10.1. The molecule has 0 heterocycles.